The maximum atomic E-state index is 11.7. The Labute approximate surface area is 145 Å². The Balaban J connectivity index is 4.25. The summed E-state index contributed by atoms with van der Waals surface area (Å²) in [6.45, 7) is 10.7. The van der Waals surface area contributed by atoms with Crippen molar-refractivity contribution in [2.45, 2.75) is 59.4 Å². The molecule has 3 unspecified atom stereocenters. The van der Waals surface area contributed by atoms with Crippen LogP contribution >= 0.6 is 0 Å². The average Bonchev–Trinajstić information content (AvgIpc) is 2.52. The molecule has 0 radical (unpaired) electrons. The second-order valence-corrected chi connectivity index (χ2v) is 6.76. The van der Waals surface area contributed by atoms with Crippen molar-refractivity contribution in [2.75, 3.05) is 26.3 Å². The maximum Gasteiger partial charge on any atom is 0.334 e. The van der Waals surface area contributed by atoms with Gasteiger partial charge in [0.1, 0.15) is 12.0 Å². The first kappa shape index (κ1) is 22.8. The molecule has 24 heavy (non-hydrogen) atoms. The monoisotopic (exact) mass is 346 g/mol. The number of carbonyl (C=O) groups excluding carboxylic acids is 1. The van der Waals surface area contributed by atoms with E-state index in [4.69, 9.17) is 20.9 Å². The van der Waals surface area contributed by atoms with Crippen LogP contribution in [0.15, 0.2) is 4.99 Å². The van der Waals surface area contributed by atoms with E-state index in [0.717, 1.165) is 6.42 Å². The average molecular weight is 346 g/mol. The van der Waals surface area contributed by atoms with Crippen LogP contribution in [0.4, 0.5) is 0 Å². The third kappa shape index (κ3) is 10.5. The molecule has 0 aliphatic heterocycles. The summed E-state index contributed by atoms with van der Waals surface area (Å²) in [5, 5.41) is 12.3. The summed E-state index contributed by atoms with van der Waals surface area (Å²) in [4.78, 5) is 15.7. The minimum atomic E-state index is -0.609. The molecule has 0 aromatic heterocycles. The largest absolute Gasteiger partial charge is 0.464 e. The summed E-state index contributed by atoms with van der Waals surface area (Å²) in [7, 11) is 0. The van der Waals surface area contributed by atoms with Crippen molar-refractivity contribution in [3.05, 3.63) is 0 Å². The first-order valence-corrected chi connectivity index (χ1v) is 8.34. The number of aliphatic imine (C=N–C) groups is 1. The summed E-state index contributed by atoms with van der Waals surface area (Å²) in [5.74, 6) is -0.115. The highest BCUT2D eigenvalue weighted by Gasteiger charge is 2.23. The number of carbonyl (C=O) groups is 1. The molecule has 0 saturated heterocycles. The molecule has 0 aromatic carbocycles. The Bertz CT molecular complexity index is 400. The number of nitrogens with two attached hydrogens (primary N) is 2. The second-order valence-electron chi connectivity index (χ2n) is 6.76. The number of esters is 1. The molecule has 8 nitrogen and oxygen atoms in total. The van der Waals surface area contributed by atoms with Crippen molar-refractivity contribution >= 4 is 11.8 Å². The fourth-order valence-corrected chi connectivity index (χ4v) is 1.62. The summed E-state index contributed by atoms with van der Waals surface area (Å²) in [6.07, 6.45) is -0.990. The van der Waals surface area contributed by atoms with Crippen molar-refractivity contribution in [3.8, 4) is 0 Å². The minimum absolute atomic E-state index is 0.213. The third-order valence-electron chi connectivity index (χ3n) is 3.16. The molecular formula is C16H34N4O4. The molecule has 0 bridgehead atoms. The normalized spacial score (nSPS) is 16.5. The number of hydrogen-bond donors (Lipinski definition) is 4. The molecule has 0 fully saturated rings. The fourth-order valence-electron chi connectivity index (χ4n) is 1.62. The van der Waals surface area contributed by atoms with Crippen molar-refractivity contribution < 1.29 is 19.4 Å². The first-order valence-electron chi connectivity index (χ1n) is 8.34. The van der Waals surface area contributed by atoms with Gasteiger partial charge in [0.15, 0.2) is 6.10 Å². The van der Waals surface area contributed by atoms with Gasteiger partial charge in [-0.25, -0.2) is 4.79 Å². The molecule has 0 amide bonds. The lowest BCUT2D eigenvalue weighted by Gasteiger charge is -2.28. The molecule has 0 saturated carbocycles. The topological polar surface area (TPSA) is 132 Å². The van der Waals surface area contributed by atoms with Crippen molar-refractivity contribution in [2.24, 2.45) is 21.9 Å². The molecule has 142 valence electrons. The molecule has 0 aliphatic carbocycles. The molecule has 0 rings (SSSR count). The number of amidine groups is 1. The highest BCUT2D eigenvalue weighted by molar-refractivity contribution is 5.85. The second kappa shape index (κ2) is 11.4. The zero-order valence-electron chi connectivity index (χ0n) is 15.5. The van der Waals surface area contributed by atoms with Crippen molar-refractivity contribution in [1.29, 1.82) is 0 Å². The molecular weight excluding hydrogens is 312 g/mol. The maximum absolute atomic E-state index is 11.7. The van der Waals surface area contributed by atoms with Gasteiger partial charge in [0.25, 0.3) is 0 Å². The highest BCUT2D eigenvalue weighted by atomic mass is 16.6. The van der Waals surface area contributed by atoms with E-state index in [9.17, 15) is 9.90 Å². The van der Waals surface area contributed by atoms with Gasteiger partial charge in [0.05, 0.1) is 25.9 Å². The first-order chi connectivity index (χ1) is 11.1. The summed E-state index contributed by atoms with van der Waals surface area (Å²) in [6, 6.07) is 0. The van der Waals surface area contributed by atoms with Gasteiger partial charge in [0.2, 0.25) is 0 Å². The van der Waals surface area contributed by atoms with E-state index in [1.54, 1.807) is 13.8 Å². The fraction of sp³-hybridized carbons (Fsp3) is 0.875. The van der Waals surface area contributed by atoms with Crippen molar-refractivity contribution in [3.63, 3.8) is 0 Å². The van der Waals surface area contributed by atoms with Gasteiger partial charge >= 0.3 is 5.97 Å². The van der Waals surface area contributed by atoms with E-state index >= 15 is 0 Å². The van der Waals surface area contributed by atoms with Crippen LogP contribution < -0.4 is 16.8 Å². The van der Waals surface area contributed by atoms with Crippen LogP contribution in [0.1, 0.15) is 41.0 Å². The van der Waals surface area contributed by atoms with Crippen LogP contribution in [0.5, 0.6) is 0 Å². The number of hydrogen-bond acceptors (Lipinski definition) is 7. The third-order valence-corrected chi connectivity index (χ3v) is 3.16. The molecule has 3 atom stereocenters. The van der Waals surface area contributed by atoms with Gasteiger partial charge in [-0.1, -0.05) is 20.8 Å². The summed E-state index contributed by atoms with van der Waals surface area (Å²) in [5.41, 5.74) is 11.4. The van der Waals surface area contributed by atoms with Gasteiger partial charge in [-0.3, -0.25) is 10.3 Å². The molecule has 8 heteroatoms. The van der Waals surface area contributed by atoms with Gasteiger partial charge in [-0.2, -0.15) is 0 Å². The summed E-state index contributed by atoms with van der Waals surface area (Å²) >= 11 is 0. The zero-order valence-corrected chi connectivity index (χ0v) is 15.5. The molecule has 0 spiro atoms. The predicted molar refractivity (Wildman–Crippen MR) is 94.6 cm³/mol. The highest BCUT2D eigenvalue weighted by Crippen LogP contribution is 2.15. The SMILES string of the molecule is CCCOC(=O)C(C)OCC(C)(C)CNC(N)C(N)=NCC(C)O. The van der Waals surface area contributed by atoms with E-state index in [1.807, 2.05) is 20.8 Å². The lowest BCUT2D eigenvalue weighted by molar-refractivity contribution is -0.157. The van der Waals surface area contributed by atoms with Gasteiger partial charge in [-0.05, 0) is 20.3 Å². The summed E-state index contributed by atoms with van der Waals surface area (Å²) < 4.78 is 10.6. The Kier molecular flexibility index (Phi) is 10.8. The van der Waals surface area contributed by atoms with Crippen LogP contribution in [0.3, 0.4) is 0 Å². The van der Waals surface area contributed by atoms with Gasteiger partial charge in [-0.15, -0.1) is 0 Å². The van der Waals surface area contributed by atoms with Crippen molar-refractivity contribution in [1.82, 2.24) is 5.32 Å². The Morgan fingerprint density at radius 2 is 2.00 bits per heavy atom. The zero-order chi connectivity index (χ0) is 18.8. The van der Waals surface area contributed by atoms with E-state index in [0.29, 0.717) is 19.8 Å². The van der Waals surface area contributed by atoms with Crippen LogP contribution in [-0.4, -0.2) is 61.6 Å². The minimum Gasteiger partial charge on any atom is -0.464 e. The van der Waals surface area contributed by atoms with E-state index in [-0.39, 0.29) is 23.8 Å². The number of nitrogens with one attached hydrogen (secondary N) is 1. The number of ether oxygens (including phenoxy) is 2. The van der Waals surface area contributed by atoms with Gasteiger partial charge < -0.3 is 26.0 Å². The number of rotatable bonds is 12. The van der Waals surface area contributed by atoms with Crippen LogP contribution in [0.25, 0.3) is 0 Å². The number of aliphatic hydroxyl groups excluding tert-OH is 1. The quantitative estimate of drug-likeness (QED) is 0.169. The standard InChI is InChI=1S/C16H34N4O4/c1-6-7-23-15(22)12(3)24-10-16(4,5)9-20-14(18)13(17)19-8-11(2)21/h11-12,14,20-21H,6-10,18H2,1-5H3,(H2,17,19). The Morgan fingerprint density at radius 3 is 2.54 bits per heavy atom. The molecule has 0 aromatic rings. The lowest BCUT2D eigenvalue weighted by atomic mass is 9.94. The molecule has 0 heterocycles. The van der Waals surface area contributed by atoms with E-state index < -0.39 is 18.4 Å². The smallest absolute Gasteiger partial charge is 0.334 e. The number of nitrogens with zero attached hydrogens (tertiary/aromatic N) is 1. The van der Waals surface area contributed by atoms with Crippen LogP contribution in [0, 0.1) is 5.41 Å². The lowest BCUT2D eigenvalue weighted by Crippen LogP contribution is -2.51. The Morgan fingerprint density at radius 1 is 1.38 bits per heavy atom. The van der Waals surface area contributed by atoms with E-state index in [1.165, 1.54) is 0 Å². The molecule has 0 aliphatic rings. The molecule has 6 N–H and O–H groups in total. The Hall–Kier alpha value is -1.22. The van der Waals surface area contributed by atoms with Crippen LogP contribution in [-0.2, 0) is 14.3 Å². The predicted octanol–water partition coefficient (Wildman–Crippen LogP) is -0.0167. The number of aliphatic hydroxyl groups is 1. The van der Waals surface area contributed by atoms with Crippen LogP contribution in [0.2, 0.25) is 0 Å². The van der Waals surface area contributed by atoms with E-state index in [2.05, 4.69) is 10.3 Å². The van der Waals surface area contributed by atoms with Gasteiger partial charge in [0, 0.05) is 12.0 Å².